The Morgan fingerprint density at radius 1 is 1.09 bits per heavy atom. The second kappa shape index (κ2) is 9.50. The van der Waals surface area contributed by atoms with E-state index in [1.54, 1.807) is 19.1 Å². The van der Waals surface area contributed by atoms with Gasteiger partial charge in [0.2, 0.25) is 0 Å². The van der Waals surface area contributed by atoms with Gasteiger partial charge in [0.25, 0.3) is 5.91 Å². The van der Waals surface area contributed by atoms with E-state index in [4.69, 9.17) is 4.74 Å². The summed E-state index contributed by atoms with van der Waals surface area (Å²) in [5.74, 6) is -0.489. The van der Waals surface area contributed by atoms with E-state index in [0.717, 1.165) is 33.9 Å². The first-order chi connectivity index (χ1) is 15.9. The normalized spacial score (nSPS) is 15.8. The average Bonchev–Trinajstić information content (AvgIpc) is 3.28. The van der Waals surface area contributed by atoms with Gasteiger partial charge in [-0.15, -0.1) is 0 Å². The molecule has 0 radical (unpaired) electrons. The first kappa shape index (κ1) is 22.6. The van der Waals surface area contributed by atoms with Crippen molar-refractivity contribution in [2.45, 2.75) is 27.7 Å². The highest BCUT2D eigenvalue weighted by atomic mass is 32.2. The third-order valence-electron chi connectivity index (χ3n) is 5.31. The zero-order valence-electron chi connectivity index (χ0n) is 19.0. The molecule has 4 rings (SSSR count). The predicted molar refractivity (Wildman–Crippen MR) is 133 cm³/mol. The van der Waals surface area contributed by atoms with E-state index >= 15 is 0 Å². The second-order valence-corrected chi connectivity index (χ2v) is 8.78. The number of hydrogen-bond donors (Lipinski definition) is 1. The highest BCUT2D eigenvalue weighted by Crippen LogP contribution is 2.30. The van der Waals surface area contributed by atoms with Crippen LogP contribution in [0.15, 0.2) is 64.5 Å². The van der Waals surface area contributed by atoms with Crippen molar-refractivity contribution in [3.05, 3.63) is 87.6 Å². The summed E-state index contributed by atoms with van der Waals surface area (Å²) in [6.45, 7) is 8.18. The van der Waals surface area contributed by atoms with Crippen LogP contribution in [0, 0.1) is 20.8 Å². The molecule has 0 aliphatic carbocycles. The van der Waals surface area contributed by atoms with Crippen molar-refractivity contribution in [3.63, 3.8) is 0 Å². The van der Waals surface area contributed by atoms with Crippen molar-refractivity contribution in [2.75, 3.05) is 6.61 Å². The first-order valence-electron chi connectivity index (χ1n) is 10.7. The Labute approximate surface area is 197 Å². The fourth-order valence-corrected chi connectivity index (χ4v) is 4.48. The molecular formula is C26H25N3O3S. The summed E-state index contributed by atoms with van der Waals surface area (Å²) in [5.41, 5.74) is 6.40. The van der Waals surface area contributed by atoms with Crippen LogP contribution in [0.4, 0.5) is 5.69 Å². The summed E-state index contributed by atoms with van der Waals surface area (Å²) < 4.78 is 7.15. The van der Waals surface area contributed by atoms with Gasteiger partial charge in [-0.05, 0) is 93.6 Å². The molecule has 3 aromatic rings. The van der Waals surface area contributed by atoms with Crippen LogP contribution in [0.25, 0.3) is 11.8 Å². The highest BCUT2D eigenvalue weighted by molar-refractivity contribution is 8.18. The fourth-order valence-electron chi connectivity index (χ4n) is 3.65. The number of aliphatic imine (C=N–C) groups is 1. The summed E-state index contributed by atoms with van der Waals surface area (Å²) in [4.78, 5) is 29.6. The Hall–Kier alpha value is -3.58. The molecule has 1 N–H and O–H groups in total. The number of ether oxygens (including phenoxy) is 1. The predicted octanol–water partition coefficient (Wildman–Crippen LogP) is 5.47. The van der Waals surface area contributed by atoms with E-state index in [9.17, 15) is 9.59 Å². The number of thioether (sulfide) groups is 1. The number of carbonyl (C=O) groups is 2. The van der Waals surface area contributed by atoms with Gasteiger partial charge in [-0.1, -0.05) is 17.7 Å². The third kappa shape index (κ3) is 4.93. The number of aryl methyl sites for hydroxylation is 2. The van der Waals surface area contributed by atoms with Gasteiger partial charge in [-0.3, -0.25) is 4.79 Å². The molecule has 7 heteroatoms. The number of amidine groups is 1. The average molecular weight is 460 g/mol. The van der Waals surface area contributed by atoms with Crippen LogP contribution in [0.3, 0.4) is 0 Å². The molecule has 0 atom stereocenters. The van der Waals surface area contributed by atoms with Crippen molar-refractivity contribution in [1.82, 2.24) is 9.88 Å². The van der Waals surface area contributed by atoms with Gasteiger partial charge in [0, 0.05) is 17.1 Å². The molecule has 0 spiro atoms. The molecule has 2 aromatic carbocycles. The minimum atomic E-state index is -0.331. The van der Waals surface area contributed by atoms with E-state index in [2.05, 4.69) is 14.9 Å². The number of benzene rings is 2. The Kier molecular flexibility index (Phi) is 6.51. The summed E-state index contributed by atoms with van der Waals surface area (Å²) in [5, 5.41) is 3.41. The Balaban J connectivity index is 1.58. The Morgan fingerprint density at radius 2 is 1.79 bits per heavy atom. The molecule has 2 heterocycles. The minimum Gasteiger partial charge on any atom is -0.462 e. The van der Waals surface area contributed by atoms with Crippen LogP contribution in [-0.2, 0) is 9.53 Å². The van der Waals surface area contributed by atoms with Crippen LogP contribution in [0.2, 0.25) is 0 Å². The molecular weight excluding hydrogens is 434 g/mol. The molecule has 33 heavy (non-hydrogen) atoms. The van der Waals surface area contributed by atoms with Gasteiger partial charge in [0.1, 0.15) is 0 Å². The molecule has 1 amide bonds. The Morgan fingerprint density at radius 3 is 2.45 bits per heavy atom. The smallest absolute Gasteiger partial charge is 0.338 e. The van der Waals surface area contributed by atoms with Crippen molar-refractivity contribution >= 4 is 40.6 Å². The Bertz CT molecular complexity index is 1270. The van der Waals surface area contributed by atoms with E-state index < -0.39 is 0 Å². The minimum absolute atomic E-state index is 0.158. The molecule has 168 valence electrons. The van der Waals surface area contributed by atoms with E-state index in [1.165, 1.54) is 11.8 Å². The highest BCUT2D eigenvalue weighted by Gasteiger charge is 2.24. The van der Waals surface area contributed by atoms with Gasteiger partial charge < -0.3 is 14.6 Å². The quantitative estimate of drug-likeness (QED) is 0.406. The van der Waals surface area contributed by atoms with Gasteiger partial charge in [-0.2, -0.15) is 0 Å². The number of amides is 1. The lowest BCUT2D eigenvalue weighted by molar-refractivity contribution is -0.115. The monoisotopic (exact) mass is 459 g/mol. The summed E-state index contributed by atoms with van der Waals surface area (Å²) in [6.07, 6.45) is 1.89. The molecule has 1 aromatic heterocycles. The van der Waals surface area contributed by atoms with Crippen LogP contribution < -0.4 is 5.32 Å². The third-order valence-corrected chi connectivity index (χ3v) is 6.22. The summed E-state index contributed by atoms with van der Waals surface area (Å²) in [6, 6.07) is 17.2. The van der Waals surface area contributed by atoms with Crippen molar-refractivity contribution in [1.29, 1.82) is 0 Å². The summed E-state index contributed by atoms with van der Waals surface area (Å²) in [7, 11) is 0. The molecule has 0 unspecified atom stereocenters. The van der Waals surface area contributed by atoms with E-state index in [-0.39, 0.29) is 11.9 Å². The molecule has 1 saturated heterocycles. The van der Waals surface area contributed by atoms with Gasteiger partial charge >= 0.3 is 5.97 Å². The lowest BCUT2D eigenvalue weighted by Gasteiger charge is -2.10. The number of aromatic nitrogens is 1. The van der Waals surface area contributed by atoms with Gasteiger partial charge in [0.05, 0.1) is 22.8 Å². The number of hydrogen-bond acceptors (Lipinski definition) is 5. The molecule has 1 aliphatic rings. The van der Waals surface area contributed by atoms with Gasteiger partial charge in [-0.25, -0.2) is 9.79 Å². The van der Waals surface area contributed by atoms with Crippen LogP contribution in [-0.4, -0.2) is 28.2 Å². The van der Waals surface area contributed by atoms with Crippen molar-refractivity contribution in [2.24, 2.45) is 4.99 Å². The van der Waals surface area contributed by atoms with Crippen molar-refractivity contribution in [3.8, 4) is 5.69 Å². The lowest BCUT2D eigenvalue weighted by atomic mass is 10.2. The maximum atomic E-state index is 12.5. The van der Waals surface area contributed by atoms with Gasteiger partial charge in [0.15, 0.2) is 5.17 Å². The SMILES string of the molecule is CCOC(=O)c1ccc(-n2c(C)cc(/C=C3/SC(=Nc4ccc(C)cc4)NC3=O)c2C)cc1. The zero-order chi connectivity index (χ0) is 23.5. The second-order valence-electron chi connectivity index (χ2n) is 7.75. The molecule has 1 fully saturated rings. The topological polar surface area (TPSA) is 72.7 Å². The van der Waals surface area contributed by atoms with Crippen LogP contribution >= 0.6 is 11.8 Å². The van der Waals surface area contributed by atoms with Crippen LogP contribution in [0.5, 0.6) is 0 Å². The molecule has 0 bridgehead atoms. The standard InChI is InChI=1S/C26H25N3O3S/c1-5-32-25(31)19-8-12-22(13-9-19)29-17(3)14-20(18(29)4)15-23-24(30)28-26(33-23)27-21-10-6-16(2)7-11-21/h6-15H,5H2,1-4H3,(H,27,28,30)/b23-15+. The first-order valence-corrected chi connectivity index (χ1v) is 11.5. The molecule has 1 aliphatic heterocycles. The fraction of sp³-hybridized carbons (Fsp3) is 0.192. The molecule has 0 saturated carbocycles. The van der Waals surface area contributed by atoms with E-state index in [1.807, 2.05) is 69.3 Å². The van der Waals surface area contributed by atoms with E-state index in [0.29, 0.717) is 22.2 Å². The number of nitrogens with one attached hydrogen (secondary N) is 1. The number of esters is 1. The number of nitrogens with zero attached hydrogens (tertiary/aromatic N) is 2. The van der Waals surface area contributed by atoms with Crippen LogP contribution in [0.1, 0.15) is 39.8 Å². The number of carbonyl (C=O) groups excluding carboxylic acids is 2. The maximum Gasteiger partial charge on any atom is 0.338 e. The largest absolute Gasteiger partial charge is 0.462 e. The zero-order valence-corrected chi connectivity index (χ0v) is 19.8. The maximum absolute atomic E-state index is 12.5. The molecule has 6 nitrogen and oxygen atoms in total. The number of rotatable bonds is 5. The van der Waals surface area contributed by atoms with Crippen molar-refractivity contribution < 1.29 is 14.3 Å². The lowest BCUT2D eigenvalue weighted by Crippen LogP contribution is -2.19. The summed E-state index contributed by atoms with van der Waals surface area (Å²) >= 11 is 1.33.